The van der Waals surface area contributed by atoms with Gasteiger partial charge in [0, 0.05) is 6.54 Å². The van der Waals surface area contributed by atoms with Crippen LogP contribution in [0.4, 0.5) is 8.78 Å². The fraction of sp³-hybridized carbons (Fsp3) is 0.250. The molecule has 1 rings (SSSR count). The average molecular weight is 225 g/mol. The van der Waals surface area contributed by atoms with Crippen molar-refractivity contribution in [3.63, 3.8) is 0 Å². The minimum absolute atomic E-state index is 0.0363. The zero-order valence-electron chi connectivity index (χ0n) is 9.02. The molecule has 0 spiro atoms. The summed E-state index contributed by atoms with van der Waals surface area (Å²) in [5, 5.41) is 2.74. The number of hydrogen-bond acceptors (Lipinski definition) is 2. The van der Waals surface area contributed by atoms with Crippen LogP contribution in [0.15, 0.2) is 24.8 Å². The predicted molar refractivity (Wildman–Crippen MR) is 58.5 cm³/mol. The van der Waals surface area contributed by atoms with E-state index in [1.54, 1.807) is 6.08 Å². The van der Waals surface area contributed by atoms with Gasteiger partial charge in [-0.2, -0.15) is 0 Å². The van der Waals surface area contributed by atoms with Gasteiger partial charge in [0.15, 0.2) is 17.4 Å². The molecule has 0 radical (unpaired) electrons. The number of halogens is 2. The molecule has 1 N–H and O–H groups in total. The SMILES string of the molecule is C=CCNCC(=O)c1ccc(C)c(F)c1F. The standard InChI is InChI=1S/C12H13F2NO/c1-3-6-15-7-10(16)9-5-4-8(2)11(13)12(9)14/h3-5,15H,1,6-7H2,2H3. The fourth-order valence-corrected chi connectivity index (χ4v) is 1.24. The Morgan fingerprint density at radius 1 is 1.44 bits per heavy atom. The molecule has 1 aromatic carbocycles. The molecule has 0 atom stereocenters. The van der Waals surface area contributed by atoms with Gasteiger partial charge in [0.2, 0.25) is 0 Å². The molecule has 0 amide bonds. The summed E-state index contributed by atoms with van der Waals surface area (Å²) in [5.41, 5.74) is -0.0345. The van der Waals surface area contributed by atoms with Gasteiger partial charge in [0.25, 0.3) is 0 Å². The molecule has 0 fully saturated rings. The minimum atomic E-state index is -1.08. The molecule has 0 saturated carbocycles. The molecule has 0 aliphatic carbocycles. The van der Waals surface area contributed by atoms with Crippen LogP contribution in [0, 0.1) is 18.6 Å². The maximum Gasteiger partial charge on any atom is 0.179 e. The lowest BCUT2D eigenvalue weighted by molar-refractivity contribution is 0.0987. The Balaban J connectivity index is 2.84. The van der Waals surface area contributed by atoms with Crippen LogP contribution in [0.2, 0.25) is 0 Å². The number of rotatable bonds is 5. The lowest BCUT2D eigenvalue weighted by Gasteiger charge is -2.05. The van der Waals surface area contributed by atoms with E-state index in [0.29, 0.717) is 6.54 Å². The van der Waals surface area contributed by atoms with Crippen LogP contribution in [0.5, 0.6) is 0 Å². The van der Waals surface area contributed by atoms with Crippen molar-refractivity contribution in [1.82, 2.24) is 5.32 Å². The first kappa shape index (κ1) is 12.5. The Labute approximate surface area is 93.0 Å². The molecular weight excluding hydrogens is 212 g/mol. The molecule has 1 aromatic rings. The maximum atomic E-state index is 13.4. The number of ketones is 1. The number of Topliss-reactive ketones (excluding diaryl/α,β-unsaturated/α-hetero) is 1. The topological polar surface area (TPSA) is 29.1 Å². The minimum Gasteiger partial charge on any atom is -0.306 e. The van der Waals surface area contributed by atoms with Crippen LogP contribution in [0.1, 0.15) is 15.9 Å². The first-order chi connectivity index (χ1) is 7.57. The van der Waals surface area contributed by atoms with E-state index < -0.39 is 17.4 Å². The zero-order valence-corrected chi connectivity index (χ0v) is 9.02. The smallest absolute Gasteiger partial charge is 0.179 e. The highest BCUT2D eigenvalue weighted by molar-refractivity contribution is 5.97. The van der Waals surface area contributed by atoms with E-state index >= 15 is 0 Å². The van der Waals surface area contributed by atoms with E-state index in [2.05, 4.69) is 11.9 Å². The second kappa shape index (κ2) is 5.51. The fourth-order valence-electron chi connectivity index (χ4n) is 1.24. The highest BCUT2D eigenvalue weighted by atomic mass is 19.2. The molecule has 2 nitrogen and oxygen atoms in total. The van der Waals surface area contributed by atoms with E-state index in [4.69, 9.17) is 0 Å². The first-order valence-electron chi connectivity index (χ1n) is 4.87. The normalized spacial score (nSPS) is 10.2. The molecule has 0 heterocycles. The monoisotopic (exact) mass is 225 g/mol. The Kier molecular flexibility index (Phi) is 4.31. The van der Waals surface area contributed by atoms with Gasteiger partial charge in [0.05, 0.1) is 12.1 Å². The first-order valence-corrected chi connectivity index (χ1v) is 4.87. The number of carbonyl (C=O) groups is 1. The van der Waals surface area contributed by atoms with E-state index in [1.165, 1.54) is 19.1 Å². The van der Waals surface area contributed by atoms with Crippen LogP contribution in [0.3, 0.4) is 0 Å². The summed E-state index contributed by atoms with van der Waals surface area (Å²) in [6, 6.07) is 2.69. The molecule has 86 valence electrons. The predicted octanol–water partition coefficient (Wildman–Crippen LogP) is 2.23. The third-order valence-corrected chi connectivity index (χ3v) is 2.15. The van der Waals surface area contributed by atoms with Gasteiger partial charge in [-0.15, -0.1) is 6.58 Å². The van der Waals surface area contributed by atoms with E-state index in [9.17, 15) is 13.6 Å². The molecule has 0 aromatic heterocycles. The Morgan fingerprint density at radius 2 is 2.12 bits per heavy atom. The highest BCUT2D eigenvalue weighted by Crippen LogP contribution is 2.15. The largest absolute Gasteiger partial charge is 0.306 e. The van der Waals surface area contributed by atoms with Crippen molar-refractivity contribution >= 4 is 5.78 Å². The summed E-state index contributed by atoms with van der Waals surface area (Å²) < 4.78 is 26.6. The van der Waals surface area contributed by atoms with Crippen molar-refractivity contribution in [2.24, 2.45) is 0 Å². The summed E-state index contributed by atoms with van der Waals surface area (Å²) in [4.78, 5) is 11.5. The van der Waals surface area contributed by atoms with Gasteiger partial charge in [-0.3, -0.25) is 4.79 Å². The Bertz CT molecular complexity index is 416. The number of aryl methyl sites for hydroxylation is 1. The molecule has 0 aliphatic heterocycles. The van der Waals surface area contributed by atoms with Gasteiger partial charge >= 0.3 is 0 Å². The van der Waals surface area contributed by atoms with Gasteiger partial charge in [0.1, 0.15) is 0 Å². The van der Waals surface area contributed by atoms with Gasteiger partial charge in [-0.1, -0.05) is 12.1 Å². The molecule has 0 bridgehead atoms. The van der Waals surface area contributed by atoms with Crippen LogP contribution < -0.4 is 5.32 Å². The quantitative estimate of drug-likeness (QED) is 0.473. The Hall–Kier alpha value is -1.55. The molecule has 0 unspecified atom stereocenters. The van der Waals surface area contributed by atoms with Crippen molar-refractivity contribution in [1.29, 1.82) is 0 Å². The van der Waals surface area contributed by atoms with Gasteiger partial charge in [-0.05, 0) is 18.6 Å². The van der Waals surface area contributed by atoms with Crippen LogP contribution >= 0.6 is 0 Å². The van der Waals surface area contributed by atoms with Crippen molar-refractivity contribution < 1.29 is 13.6 Å². The molecular formula is C12H13F2NO. The summed E-state index contributed by atoms with van der Waals surface area (Å²) in [5.74, 6) is -2.52. The molecule has 4 heteroatoms. The van der Waals surface area contributed by atoms with E-state index in [0.717, 1.165) is 0 Å². The molecule has 0 saturated heterocycles. The summed E-state index contributed by atoms with van der Waals surface area (Å²) >= 11 is 0. The molecule has 16 heavy (non-hydrogen) atoms. The third kappa shape index (κ3) is 2.73. The van der Waals surface area contributed by atoms with E-state index in [-0.39, 0.29) is 17.7 Å². The average Bonchev–Trinajstić information content (AvgIpc) is 2.26. The number of benzene rings is 1. The van der Waals surface area contributed by atoms with Crippen molar-refractivity contribution in [2.45, 2.75) is 6.92 Å². The van der Waals surface area contributed by atoms with E-state index in [1.807, 2.05) is 0 Å². The summed E-state index contributed by atoms with van der Waals surface area (Å²) in [6.07, 6.45) is 1.58. The van der Waals surface area contributed by atoms with Gasteiger partial charge < -0.3 is 5.32 Å². The second-order valence-corrected chi connectivity index (χ2v) is 3.40. The van der Waals surface area contributed by atoms with Crippen LogP contribution in [0.25, 0.3) is 0 Å². The summed E-state index contributed by atoms with van der Waals surface area (Å²) in [6.45, 7) is 5.32. The van der Waals surface area contributed by atoms with Crippen molar-refractivity contribution in [2.75, 3.05) is 13.1 Å². The Morgan fingerprint density at radius 3 is 2.75 bits per heavy atom. The summed E-state index contributed by atoms with van der Waals surface area (Å²) in [7, 11) is 0. The second-order valence-electron chi connectivity index (χ2n) is 3.40. The zero-order chi connectivity index (χ0) is 12.1. The van der Waals surface area contributed by atoms with Crippen molar-refractivity contribution in [3.05, 3.63) is 47.5 Å². The van der Waals surface area contributed by atoms with Crippen molar-refractivity contribution in [3.8, 4) is 0 Å². The van der Waals surface area contributed by atoms with Crippen LogP contribution in [-0.2, 0) is 0 Å². The third-order valence-electron chi connectivity index (χ3n) is 2.15. The molecule has 0 aliphatic rings. The number of nitrogens with one attached hydrogen (secondary N) is 1. The lowest BCUT2D eigenvalue weighted by Crippen LogP contribution is -2.24. The van der Waals surface area contributed by atoms with Crippen LogP contribution in [-0.4, -0.2) is 18.9 Å². The number of carbonyl (C=O) groups excluding carboxylic acids is 1. The lowest BCUT2D eigenvalue weighted by atomic mass is 10.1. The van der Waals surface area contributed by atoms with Gasteiger partial charge in [-0.25, -0.2) is 8.78 Å². The number of hydrogen-bond donors (Lipinski definition) is 1. The maximum absolute atomic E-state index is 13.4. The highest BCUT2D eigenvalue weighted by Gasteiger charge is 2.16.